The molecule has 1 amide bonds. The molecule has 122 valence electrons. The molecule has 1 aromatic heterocycles. The second kappa shape index (κ2) is 6.03. The number of amides is 1. The van der Waals surface area contributed by atoms with Gasteiger partial charge in [-0.25, -0.2) is 4.79 Å². The topological polar surface area (TPSA) is 66.4 Å². The van der Waals surface area contributed by atoms with Gasteiger partial charge in [0, 0.05) is 10.8 Å². The Morgan fingerprint density at radius 2 is 1.95 bits per heavy atom. The molecule has 1 heterocycles. The maximum absolute atomic E-state index is 11.9. The van der Waals surface area contributed by atoms with Crippen LogP contribution in [0.3, 0.4) is 0 Å². The van der Waals surface area contributed by atoms with E-state index >= 15 is 0 Å². The summed E-state index contributed by atoms with van der Waals surface area (Å²) in [5.74, 6) is -0.684. The van der Waals surface area contributed by atoms with Gasteiger partial charge in [-0.2, -0.15) is 0 Å². The van der Waals surface area contributed by atoms with Crippen LogP contribution in [0.25, 0.3) is 0 Å². The number of aromatic carboxylic acids is 1. The van der Waals surface area contributed by atoms with Crippen LogP contribution in [0.1, 0.15) is 61.8 Å². The lowest BCUT2D eigenvalue weighted by Gasteiger charge is -2.33. The smallest absolute Gasteiger partial charge is 0.339 e. The van der Waals surface area contributed by atoms with Crippen molar-refractivity contribution in [1.29, 1.82) is 0 Å². The minimum atomic E-state index is -0.939. The molecule has 22 heavy (non-hydrogen) atoms. The number of hydrogen-bond acceptors (Lipinski definition) is 3. The van der Waals surface area contributed by atoms with Crippen molar-refractivity contribution in [2.75, 3.05) is 5.32 Å². The van der Waals surface area contributed by atoms with Crippen LogP contribution in [0.2, 0.25) is 0 Å². The summed E-state index contributed by atoms with van der Waals surface area (Å²) in [6.45, 7) is 10.3. The fourth-order valence-corrected chi connectivity index (χ4v) is 4.22. The number of carbonyl (C=O) groups excluding carboxylic acids is 1. The van der Waals surface area contributed by atoms with Crippen molar-refractivity contribution in [3.8, 4) is 0 Å². The molecular formula is C17H25NO3S. The summed E-state index contributed by atoms with van der Waals surface area (Å²) in [6.07, 6.45) is 2.69. The van der Waals surface area contributed by atoms with Gasteiger partial charge in [0.15, 0.2) is 0 Å². The van der Waals surface area contributed by atoms with Gasteiger partial charge in [0.2, 0.25) is 5.91 Å². The highest BCUT2D eigenvalue weighted by molar-refractivity contribution is 7.17. The van der Waals surface area contributed by atoms with Crippen molar-refractivity contribution in [2.45, 2.75) is 53.9 Å². The van der Waals surface area contributed by atoms with Gasteiger partial charge in [-0.05, 0) is 36.2 Å². The minimum Gasteiger partial charge on any atom is -0.478 e. The molecule has 0 bridgehead atoms. The van der Waals surface area contributed by atoms with E-state index in [9.17, 15) is 14.7 Å². The van der Waals surface area contributed by atoms with Gasteiger partial charge in [-0.15, -0.1) is 11.3 Å². The molecule has 0 aliphatic heterocycles. The number of nitrogens with one attached hydrogen (secondary N) is 1. The minimum absolute atomic E-state index is 0.131. The van der Waals surface area contributed by atoms with E-state index in [-0.39, 0.29) is 17.2 Å². The zero-order chi connectivity index (χ0) is 16.7. The van der Waals surface area contributed by atoms with E-state index in [1.807, 2.05) is 0 Å². The summed E-state index contributed by atoms with van der Waals surface area (Å²) < 4.78 is 0. The van der Waals surface area contributed by atoms with Crippen LogP contribution in [-0.2, 0) is 17.6 Å². The molecule has 2 N–H and O–H groups in total. The van der Waals surface area contributed by atoms with E-state index in [4.69, 9.17) is 0 Å². The van der Waals surface area contributed by atoms with E-state index in [2.05, 4.69) is 26.1 Å². The molecule has 5 heteroatoms. The second-order valence-electron chi connectivity index (χ2n) is 7.46. The van der Waals surface area contributed by atoms with E-state index in [0.717, 1.165) is 29.7 Å². The average Bonchev–Trinajstić information content (AvgIpc) is 2.74. The SMILES string of the molecule is CC(C)C(=O)Nc1sc2c(c1C(=O)O)CCC(C(C)(C)C)C2. The van der Waals surface area contributed by atoms with E-state index in [1.165, 1.54) is 11.3 Å². The summed E-state index contributed by atoms with van der Waals surface area (Å²) in [5, 5.41) is 12.8. The van der Waals surface area contributed by atoms with Gasteiger partial charge in [-0.1, -0.05) is 34.6 Å². The Labute approximate surface area is 135 Å². The van der Waals surface area contributed by atoms with Gasteiger partial charge in [-0.3, -0.25) is 4.79 Å². The van der Waals surface area contributed by atoms with Gasteiger partial charge in [0.05, 0.1) is 5.56 Å². The van der Waals surface area contributed by atoms with Crippen LogP contribution in [0.4, 0.5) is 5.00 Å². The predicted molar refractivity (Wildman–Crippen MR) is 89.7 cm³/mol. The number of anilines is 1. The van der Waals surface area contributed by atoms with Crippen LogP contribution in [0, 0.1) is 17.3 Å². The highest BCUT2D eigenvalue weighted by Gasteiger charge is 2.34. The summed E-state index contributed by atoms with van der Waals surface area (Å²) in [4.78, 5) is 24.7. The summed E-state index contributed by atoms with van der Waals surface area (Å²) >= 11 is 1.44. The number of carbonyl (C=O) groups is 2. The van der Waals surface area contributed by atoms with Crippen molar-refractivity contribution >= 4 is 28.2 Å². The third kappa shape index (κ3) is 3.35. The number of carboxylic acid groups (broad SMARTS) is 1. The van der Waals surface area contributed by atoms with E-state index in [1.54, 1.807) is 13.8 Å². The number of fused-ring (bicyclic) bond motifs is 1. The lowest BCUT2D eigenvalue weighted by atomic mass is 9.72. The molecule has 4 nitrogen and oxygen atoms in total. The molecule has 0 aromatic carbocycles. The third-order valence-corrected chi connectivity index (χ3v) is 5.63. The van der Waals surface area contributed by atoms with Crippen molar-refractivity contribution < 1.29 is 14.7 Å². The lowest BCUT2D eigenvalue weighted by molar-refractivity contribution is -0.118. The third-order valence-electron chi connectivity index (χ3n) is 4.47. The van der Waals surface area contributed by atoms with Crippen LogP contribution in [0.15, 0.2) is 0 Å². The average molecular weight is 323 g/mol. The number of carboxylic acids is 1. The van der Waals surface area contributed by atoms with E-state index < -0.39 is 5.97 Å². The Hall–Kier alpha value is -1.36. The maximum Gasteiger partial charge on any atom is 0.339 e. The monoisotopic (exact) mass is 323 g/mol. The first-order chi connectivity index (χ1) is 10.1. The van der Waals surface area contributed by atoms with Crippen molar-refractivity contribution in [3.05, 3.63) is 16.0 Å². The van der Waals surface area contributed by atoms with Crippen molar-refractivity contribution in [2.24, 2.45) is 17.3 Å². The van der Waals surface area contributed by atoms with Crippen LogP contribution < -0.4 is 5.32 Å². The van der Waals surface area contributed by atoms with Crippen molar-refractivity contribution in [1.82, 2.24) is 0 Å². The molecule has 2 rings (SSSR count). The van der Waals surface area contributed by atoms with Gasteiger partial charge < -0.3 is 10.4 Å². The number of thiophene rings is 1. The first kappa shape index (κ1) is 17.0. The van der Waals surface area contributed by atoms with Crippen LogP contribution >= 0.6 is 11.3 Å². The van der Waals surface area contributed by atoms with Crippen LogP contribution in [0.5, 0.6) is 0 Å². The molecule has 1 aliphatic rings. The Morgan fingerprint density at radius 1 is 1.32 bits per heavy atom. The Kier molecular flexibility index (Phi) is 4.66. The fraction of sp³-hybridized carbons (Fsp3) is 0.647. The molecule has 1 unspecified atom stereocenters. The zero-order valence-electron chi connectivity index (χ0n) is 13.9. The maximum atomic E-state index is 11.9. The Balaban J connectivity index is 2.36. The molecule has 1 aromatic rings. The Bertz CT molecular complexity index is 596. The fourth-order valence-electron chi connectivity index (χ4n) is 2.90. The largest absolute Gasteiger partial charge is 0.478 e. The molecule has 1 atom stereocenters. The first-order valence-corrected chi connectivity index (χ1v) is 8.61. The summed E-state index contributed by atoms with van der Waals surface area (Å²) in [5.41, 5.74) is 1.45. The summed E-state index contributed by atoms with van der Waals surface area (Å²) in [7, 11) is 0. The Morgan fingerprint density at radius 3 is 2.45 bits per heavy atom. The normalized spacial score (nSPS) is 18.2. The van der Waals surface area contributed by atoms with Gasteiger partial charge in [0.25, 0.3) is 0 Å². The van der Waals surface area contributed by atoms with Gasteiger partial charge >= 0.3 is 5.97 Å². The molecule has 0 saturated carbocycles. The molecule has 1 aliphatic carbocycles. The molecule has 0 spiro atoms. The molecule has 0 fully saturated rings. The first-order valence-electron chi connectivity index (χ1n) is 7.80. The standard InChI is InChI=1S/C17H25NO3S/c1-9(2)14(19)18-15-13(16(20)21)11-7-6-10(17(3,4)5)8-12(11)22-15/h9-10H,6-8H2,1-5H3,(H,18,19)(H,20,21). The highest BCUT2D eigenvalue weighted by Crippen LogP contribution is 2.44. The molecule has 0 saturated heterocycles. The number of rotatable bonds is 3. The second-order valence-corrected chi connectivity index (χ2v) is 8.57. The predicted octanol–water partition coefficient (Wildman–Crippen LogP) is 4.19. The number of hydrogen-bond donors (Lipinski definition) is 2. The molecule has 0 radical (unpaired) electrons. The van der Waals surface area contributed by atoms with E-state index in [0.29, 0.717) is 16.5 Å². The quantitative estimate of drug-likeness (QED) is 0.876. The van der Waals surface area contributed by atoms with Crippen molar-refractivity contribution in [3.63, 3.8) is 0 Å². The van der Waals surface area contributed by atoms with Crippen LogP contribution in [-0.4, -0.2) is 17.0 Å². The molecular weight excluding hydrogens is 298 g/mol. The summed E-state index contributed by atoms with van der Waals surface area (Å²) in [6, 6.07) is 0. The van der Waals surface area contributed by atoms with Gasteiger partial charge in [0.1, 0.15) is 5.00 Å². The lowest BCUT2D eigenvalue weighted by Crippen LogP contribution is -2.26. The highest BCUT2D eigenvalue weighted by atomic mass is 32.1. The zero-order valence-corrected chi connectivity index (χ0v) is 14.8.